The van der Waals surface area contributed by atoms with Gasteiger partial charge in [0, 0.05) is 32.3 Å². The van der Waals surface area contributed by atoms with Crippen LogP contribution >= 0.6 is 0 Å². The molecule has 0 saturated carbocycles. The van der Waals surface area contributed by atoms with E-state index >= 15 is 0 Å². The maximum Gasteiger partial charge on any atom is 0.0762 e. The third-order valence-electron chi connectivity index (χ3n) is 2.20. The fourth-order valence-electron chi connectivity index (χ4n) is 1.31. The van der Waals surface area contributed by atoms with Crippen LogP contribution in [0.4, 0.5) is 0 Å². The Hall–Kier alpha value is -1.27. The molecule has 3 nitrogen and oxygen atoms in total. The molecule has 0 aromatic carbocycles. The molecule has 0 bridgehead atoms. The van der Waals surface area contributed by atoms with E-state index in [-0.39, 0.29) is 0 Å². The van der Waals surface area contributed by atoms with Gasteiger partial charge in [0.05, 0.1) is 5.69 Å². The molecular formula is C11H17N3. The molecule has 0 spiro atoms. The molecule has 3 heteroatoms. The van der Waals surface area contributed by atoms with E-state index in [1.807, 2.05) is 19.3 Å². The van der Waals surface area contributed by atoms with Crippen molar-refractivity contribution in [3.05, 3.63) is 18.0 Å². The van der Waals surface area contributed by atoms with Crippen molar-refractivity contribution in [3.8, 4) is 12.3 Å². The van der Waals surface area contributed by atoms with Gasteiger partial charge in [-0.15, -0.1) is 12.3 Å². The quantitative estimate of drug-likeness (QED) is 0.711. The molecule has 1 rings (SSSR count). The average Bonchev–Trinajstić information content (AvgIpc) is 2.59. The van der Waals surface area contributed by atoms with Crippen molar-refractivity contribution in [2.24, 2.45) is 7.05 Å². The second-order valence-corrected chi connectivity index (χ2v) is 3.38. The Morgan fingerprint density at radius 1 is 1.71 bits per heavy atom. The smallest absolute Gasteiger partial charge is 0.0762 e. The molecule has 1 atom stereocenters. The molecule has 1 aromatic rings. The molecule has 1 aromatic heterocycles. The Kier molecular flexibility index (Phi) is 4.21. The summed E-state index contributed by atoms with van der Waals surface area (Å²) in [5, 5.41) is 7.66. The Bertz CT molecular complexity index is 309. The predicted molar refractivity (Wildman–Crippen MR) is 57.6 cm³/mol. The van der Waals surface area contributed by atoms with Gasteiger partial charge in [0.2, 0.25) is 0 Å². The van der Waals surface area contributed by atoms with E-state index in [0.717, 1.165) is 25.1 Å². The van der Waals surface area contributed by atoms with Crippen molar-refractivity contribution < 1.29 is 0 Å². The van der Waals surface area contributed by atoms with E-state index in [1.54, 1.807) is 4.68 Å². The third-order valence-corrected chi connectivity index (χ3v) is 2.20. The van der Waals surface area contributed by atoms with Gasteiger partial charge in [-0.1, -0.05) is 6.92 Å². The van der Waals surface area contributed by atoms with Gasteiger partial charge >= 0.3 is 0 Å². The minimum atomic E-state index is 0.405. The number of hydrogen-bond acceptors (Lipinski definition) is 2. The van der Waals surface area contributed by atoms with E-state index in [1.165, 1.54) is 0 Å². The van der Waals surface area contributed by atoms with Crippen LogP contribution in [-0.2, 0) is 13.6 Å². The second-order valence-electron chi connectivity index (χ2n) is 3.38. The summed E-state index contributed by atoms with van der Waals surface area (Å²) in [4.78, 5) is 0. The lowest BCUT2D eigenvalue weighted by Gasteiger charge is -2.12. The van der Waals surface area contributed by atoms with Gasteiger partial charge in [-0.05, 0) is 12.5 Å². The molecule has 1 N–H and O–H groups in total. The van der Waals surface area contributed by atoms with Gasteiger partial charge in [0.1, 0.15) is 0 Å². The highest BCUT2D eigenvalue weighted by Crippen LogP contribution is 1.99. The summed E-state index contributed by atoms with van der Waals surface area (Å²) in [6, 6.07) is 2.41. The second kappa shape index (κ2) is 5.46. The molecule has 0 saturated heterocycles. The third kappa shape index (κ3) is 3.23. The normalized spacial score (nSPS) is 12.4. The first-order valence-electron chi connectivity index (χ1n) is 4.91. The first-order valence-corrected chi connectivity index (χ1v) is 4.91. The van der Waals surface area contributed by atoms with E-state index in [4.69, 9.17) is 6.42 Å². The van der Waals surface area contributed by atoms with Gasteiger partial charge < -0.3 is 5.32 Å². The average molecular weight is 191 g/mol. The molecule has 0 amide bonds. The molecule has 14 heavy (non-hydrogen) atoms. The van der Waals surface area contributed by atoms with Crippen molar-refractivity contribution >= 4 is 0 Å². The van der Waals surface area contributed by atoms with Gasteiger partial charge in [0.25, 0.3) is 0 Å². The van der Waals surface area contributed by atoms with E-state index in [2.05, 4.69) is 23.3 Å². The number of aromatic nitrogens is 2. The van der Waals surface area contributed by atoms with Crippen LogP contribution in [0.1, 0.15) is 25.5 Å². The van der Waals surface area contributed by atoms with Crippen molar-refractivity contribution in [3.63, 3.8) is 0 Å². The molecule has 1 unspecified atom stereocenters. The number of nitrogens with zero attached hydrogens (tertiary/aromatic N) is 2. The molecule has 76 valence electrons. The highest BCUT2D eigenvalue weighted by Gasteiger charge is 2.04. The summed E-state index contributed by atoms with van der Waals surface area (Å²) in [5.74, 6) is 2.67. The lowest BCUT2D eigenvalue weighted by Crippen LogP contribution is -2.27. The Morgan fingerprint density at radius 3 is 3.00 bits per heavy atom. The van der Waals surface area contributed by atoms with Crippen LogP contribution in [0.3, 0.4) is 0 Å². The number of nitrogens with one attached hydrogen (secondary N) is 1. The van der Waals surface area contributed by atoms with Crippen molar-refractivity contribution in [1.82, 2.24) is 15.1 Å². The number of rotatable bonds is 5. The first kappa shape index (κ1) is 10.8. The standard InChI is InChI=1S/C11H17N3/c1-4-6-10(5-2)12-9-11-7-8-14(3)13-11/h1,7-8,10,12H,5-6,9H2,2-3H3. The molecule has 0 fully saturated rings. The van der Waals surface area contributed by atoms with Crippen LogP contribution in [0.2, 0.25) is 0 Å². The predicted octanol–water partition coefficient (Wildman–Crippen LogP) is 1.31. The summed E-state index contributed by atoms with van der Waals surface area (Å²) in [6.07, 6.45) is 9.05. The van der Waals surface area contributed by atoms with Crippen molar-refractivity contribution in [1.29, 1.82) is 0 Å². The maximum absolute atomic E-state index is 5.27. The highest BCUT2D eigenvalue weighted by molar-refractivity contribution is 4.99. The fourth-order valence-corrected chi connectivity index (χ4v) is 1.31. The molecule has 0 aliphatic heterocycles. The lowest BCUT2D eigenvalue weighted by molar-refractivity contribution is 0.500. The molecule has 0 radical (unpaired) electrons. The summed E-state index contributed by atoms with van der Waals surface area (Å²) in [5.41, 5.74) is 1.06. The fraction of sp³-hybridized carbons (Fsp3) is 0.545. The zero-order valence-electron chi connectivity index (χ0n) is 8.83. The summed E-state index contributed by atoms with van der Waals surface area (Å²) in [7, 11) is 1.92. The van der Waals surface area contributed by atoms with E-state index < -0.39 is 0 Å². The molecule has 1 heterocycles. The Morgan fingerprint density at radius 2 is 2.50 bits per heavy atom. The van der Waals surface area contributed by atoms with E-state index in [9.17, 15) is 0 Å². The SMILES string of the molecule is C#CCC(CC)NCc1ccn(C)n1. The summed E-state index contributed by atoms with van der Waals surface area (Å²) in [6.45, 7) is 2.93. The topological polar surface area (TPSA) is 29.9 Å². The maximum atomic E-state index is 5.27. The van der Waals surface area contributed by atoms with Crippen LogP contribution in [0.15, 0.2) is 12.3 Å². The van der Waals surface area contributed by atoms with Gasteiger partial charge in [-0.3, -0.25) is 4.68 Å². The van der Waals surface area contributed by atoms with Crippen LogP contribution < -0.4 is 5.32 Å². The zero-order valence-corrected chi connectivity index (χ0v) is 8.83. The Labute approximate surface area is 85.5 Å². The van der Waals surface area contributed by atoms with Crippen LogP contribution in [0.25, 0.3) is 0 Å². The largest absolute Gasteiger partial charge is 0.307 e. The van der Waals surface area contributed by atoms with E-state index in [0.29, 0.717) is 6.04 Å². The van der Waals surface area contributed by atoms with Gasteiger partial charge in [-0.25, -0.2) is 0 Å². The van der Waals surface area contributed by atoms with Crippen molar-refractivity contribution in [2.45, 2.75) is 32.4 Å². The van der Waals surface area contributed by atoms with Gasteiger partial charge in [-0.2, -0.15) is 5.10 Å². The number of aryl methyl sites for hydroxylation is 1. The van der Waals surface area contributed by atoms with Crippen molar-refractivity contribution in [2.75, 3.05) is 0 Å². The zero-order chi connectivity index (χ0) is 10.4. The number of hydrogen-bond donors (Lipinski definition) is 1. The highest BCUT2D eigenvalue weighted by atomic mass is 15.3. The lowest BCUT2D eigenvalue weighted by atomic mass is 10.1. The van der Waals surface area contributed by atoms with Crippen LogP contribution in [0.5, 0.6) is 0 Å². The number of terminal acetylenes is 1. The summed E-state index contributed by atoms with van der Waals surface area (Å²) >= 11 is 0. The first-order chi connectivity index (χ1) is 6.76. The summed E-state index contributed by atoms with van der Waals surface area (Å²) < 4.78 is 1.80. The van der Waals surface area contributed by atoms with Crippen LogP contribution in [0, 0.1) is 12.3 Å². The van der Waals surface area contributed by atoms with Gasteiger partial charge in [0.15, 0.2) is 0 Å². The molecule has 0 aliphatic carbocycles. The Balaban J connectivity index is 2.36. The van der Waals surface area contributed by atoms with Crippen LogP contribution in [-0.4, -0.2) is 15.8 Å². The molecular weight excluding hydrogens is 174 g/mol. The minimum Gasteiger partial charge on any atom is -0.307 e. The molecule has 0 aliphatic rings. The monoisotopic (exact) mass is 191 g/mol. The minimum absolute atomic E-state index is 0.405.